The standard InChI is InChI=1S/C11H12N4O/c1-15(2)11-8(9(12)16)6-7-4-3-5-13-10(7)14-11/h3-6H,1-2H3,(H2,12,16). The predicted octanol–water partition coefficient (Wildman–Crippen LogP) is 0.795. The van der Waals surface area contributed by atoms with E-state index in [0.717, 1.165) is 5.39 Å². The zero-order chi connectivity index (χ0) is 11.7. The van der Waals surface area contributed by atoms with E-state index in [1.807, 2.05) is 20.2 Å². The molecule has 0 fully saturated rings. The molecular weight excluding hydrogens is 204 g/mol. The van der Waals surface area contributed by atoms with Gasteiger partial charge in [0.2, 0.25) is 0 Å². The van der Waals surface area contributed by atoms with Crippen molar-refractivity contribution < 1.29 is 4.79 Å². The van der Waals surface area contributed by atoms with Crippen LogP contribution in [0.15, 0.2) is 24.4 Å². The molecule has 5 heteroatoms. The molecule has 16 heavy (non-hydrogen) atoms. The van der Waals surface area contributed by atoms with E-state index in [9.17, 15) is 4.79 Å². The Kier molecular flexibility index (Phi) is 2.44. The lowest BCUT2D eigenvalue weighted by Gasteiger charge is -2.14. The van der Waals surface area contributed by atoms with Gasteiger partial charge in [-0.15, -0.1) is 0 Å². The van der Waals surface area contributed by atoms with Crippen LogP contribution in [0, 0.1) is 0 Å². The second-order valence-electron chi connectivity index (χ2n) is 3.67. The van der Waals surface area contributed by atoms with Crippen molar-refractivity contribution in [3.05, 3.63) is 30.0 Å². The molecule has 0 aliphatic carbocycles. The number of nitrogens with two attached hydrogens (primary N) is 1. The summed E-state index contributed by atoms with van der Waals surface area (Å²) in [5, 5.41) is 0.807. The Morgan fingerprint density at radius 3 is 2.81 bits per heavy atom. The topological polar surface area (TPSA) is 72.1 Å². The van der Waals surface area contributed by atoms with Crippen molar-refractivity contribution in [3.63, 3.8) is 0 Å². The number of primary amides is 1. The summed E-state index contributed by atoms with van der Waals surface area (Å²) in [6.07, 6.45) is 1.67. The van der Waals surface area contributed by atoms with Gasteiger partial charge >= 0.3 is 0 Å². The van der Waals surface area contributed by atoms with Crippen LogP contribution in [0.5, 0.6) is 0 Å². The Morgan fingerprint density at radius 2 is 2.19 bits per heavy atom. The summed E-state index contributed by atoms with van der Waals surface area (Å²) in [5.41, 5.74) is 6.33. The van der Waals surface area contributed by atoms with Gasteiger partial charge < -0.3 is 10.6 Å². The van der Waals surface area contributed by atoms with E-state index >= 15 is 0 Å². The van der Waals surface area contributed by atoms with Crippen LogP contribution in [0.3, 0.4) is 0 Å². The molecule has 1 amide bonds. The van der Waals surface area contributed by atoms with Gasteiger partial charge in [-0.1, -0.05) is 0 Å². The van der Waals surface area contributed by atoms with Gasteiger partial charge in [0.05, 0.1) is 5.56 Å². The molecular formula is C11H12N4O. The van der Waals surface area contributed by atoms with Gasteiger partial charge in [-0.3, -0.25) is 4.79 Å². The summed E-state index contributed by atoms with van der Waals surface area (Å²) < 4.78 is 0. The minimum atomic E-state index is -0.484. The Morgan fingerprint density at radius 1 is 1.44 bits per heavy atom. The number of hydrogen-bond acceptors (Lipinski definition) is 4. The van der Waals surface area contributed by atoms with Crippen molar-refractivity contribution in [1.82, 2.24) is 9.97 Å². The van der Waals surface area contributed by atoms with Gasteiger partial charge in [-0.25, -0.2) is 9.97 Å². The van der Waals surface area contributed by atoms with Gasteiger partial charge in [-0.2, -0.15) is 0 Å². The molecule has 0 radical (unpaired) electrons. The third-order valence-electron chi connectivity index (χ3n) is 2.26. The van der Waals surface area contributed by atoms with Crippen molar-refractivity contribution in [3.8, 4) is 0 Å². The number of nitrogens with zero attached hydrogens (tertiary/aromatic N) is 3. The fourth-order valence-corrected chi connectivity index (χ4v) is 1.52. The first-order valence-corrected chi connectivity index (χ1v) is 4.82. The SMILES string of the molecule is CN(C)c1nc2ncccc2cc1C(N)=O. The van der Waals surface area contributed by atoms with Crippen molar-refractivity contribution in [2.75, 3.05) is 19.0 Å². The van der Waals surface area contributed by atoms with E-state index < -0.39 is 5.91 Å². The van der Waals surface area contributed by atoms with Crippen molar-refractivity contribution >= 4 is 22.8 Å². The molecule has 0 atom stereocenters. The van der Waals surface area contributed by atoms with E-state index in [4.69, 9.17) is 5.73 Å². The lowest BCUT2D eigenvalue weighted by atomic mass is 10.2. The first-order valence-electron chi connectivity index (χ1n) is 4.82. The second-order valence-corrected chi connectivity index (χ2v) is 3.67. The summed E-state index contributed by atoms with van der Waals surface area (Å²) in [7, 11) is 3.62. The third-order valence-corrected chi connectivity index (χ3v) is 2.26. The first kappa shape index (κ1) is 10.4. The fraction of sp³-hybridized carbons (Fsp3) is 0.182. The van der Waals surface area contributed by atoms with Gasteiger partial charge in [0.15, 0.2) is 5.65 Å². The van der Waals surface area contributed by atoms with Gasteiger partial charge in [0, 0.05) is 25.7 Å². The molecule has 2 aromatic heterocycles. The number of carbonyl (C=O) groups is 1. The number of amides is 1. The monoisotopic (exact) mass is 216 g/mol. The van der Waals surface area contributed by atoms with Crippen molar-refractivity contribution in [2.24, 2.45) is 5.73 Å². The van der Waals surface area contributed by atoms with Crippen LogP contribution in [-0.4, -0.2) is 30.0 Å². The number of pyridine rings is 2. The lowest BCUT2D eigenvalue weighted by Crippen LogP contribution is -2.20. The second kappa shape index (κ2) is 3.77. The summed E-state index contributed by atoms with van der Waals surface area (Å²) >= 11 is 0. The molecule has 2 rings (SSSR count). The Bertz CT molecular complexity index is 551. The van der Waals surface area contributed by atoms with E-state index in [1.165, 1.54) is 0 Å². The summed E-state index contributed by atoms with van der Waals surface area (Å²) in [6, 6.07) is 5.36. The minimum absolute atomic E-state index is 0.408. The van der Waals surface area contributed by atoms with Crippen molar-refractivity contribution in [1.29, 1.82) is 0 Å². The van der Waals surface area contributed by atoms with Crippen LogP contribution >= 0.6 is 0 Å². The van der Waals surface area contributed by atoms with Crippen LogP contribution < -0.4 is 10.6 Å². The van der Waals surface area contributed by atoms with Crippen LogP contribution in [0.1, 0.15) is 10.4 Å². The zero-order valence-corrected chi connectivity index (χ0v) is 9.14. The molecule has 0 aliphatic heterocycles. The minimum Gasteiger partial charge on any atom is -0.365 e. The molecule has 0 bridgehead atoms. The van der Waals surface area contributed by atoms with E-state index in [-0.39, 0.29) is 0 Å². The summed E-state index contributed by atoms with van der Waals surface area (Å²) in [4.78, 5) is 21.5. The molecule has 2 heterocycles. The molecule has 2 N–H and O–H groups in total. The first-order chi connectivity index (χ1) is 7.59. The van der Waals surface area contributed by atoms with Gasteiger partial charge in [-0.05, 0) is 18.2 Å². The smallest absolute Gasteiger partial charge is 0.252 e. The Hall–Kier alpha value is -2.17. The maximum atomic E-state index is 11.3. The molecule has 2 aromatic rings. The quantitative estimate of drug-likeness (QED) is 0.805. The number of hydrogen-bond donors (Lipinski definition) is 1. The van der Waals surface area contributed by atoms with E-state index in [1.54, 1.807) is 23.2 Å². The third kappa shape index (κ3) is 1.67. The van der Waals surface area contributed by atoms with Crippen LogP contribution in [0.4, 0.5) is 5.82 Å². The van der Waals surface area contributed by atoms with E-state index in [0.29, 0.717) is 17.0 Å². The number of carbonyl (C=O) groups excluding carboxylic acids is 1. The Labute approximate surface area is 92.9 Å². The number of rotatable bonds is 2. The molecule has 0 unspecified atom stereocenters. The molecule has 0 aromatic carbocycles. The highest BCUT2D eigenvalue weighted by molar-refractivity contribution is 6.00. The predicted molar refractivity (Wildman–Crippen MR) is 62.4 cm³/mol. The molecule has 82 valence electrons. The number of fused-ring (bicyclic) bond motifs is 1. The summed E-state index contributed by atoms with van der Waals surface area (Å²) in [5.74, 6) is 0.0562. The van der Waals surface area contributed by atoms with Gasteiger partial charge in [0.1, 0.15) is 5.82 Å². The fourth-order valence-electron chi connectivity index (χ4n) is 1.52. The maximum absolute atomic E-state index is 11.3. The molecule has 0 saturated carbocycles. The highest BCUT2D eigenvalue weighted by Gasteiger charge is 2.13. The summed E-state index contributed by atoms with van der Waals surface area (Å²) in [6.45, 7) is 0. The van der Waals surface area contributed by atoms with Crippen LogP contribution in [0.2, 0.25) is 0 Å². The molecule has 0 spiro atoms. The number of aromatic nitrogens is 2. The highest BCUT2D eigenvalue weighted by Crippen LogP contribution is 2.20. The largest absolute Gasteiger partial charge is 0.365 e. The maximum Gasteiger partial charge on any atom is 0.252 e. The highest BCUT2D eigenvalue weighted by atomic mass is 16.1. The van der Waals surface area contributed by atoms with Gasteiger partial charge in [0.25, 0.3) is 5.91 Å². The average molecular weight is 216 g/mol. The Balaban J connectivity index is 2.76. The van der Waals surface area contributed by atoms with Crippen LogP contribution in [0.25, 0.3) is 11.0 Å². The van der Waals surface area contributed by atoms with Crippen LogP contribution in [-0.2, 0) is 0 Å². The van der Waals surface area contributed by atoms with E-state index in [2.05, 4.69) is 9.97 Å². The lowest BCUT2D eigenvalue weighted by molar-refractivity contribution is 0.100. The average Bonchev–Trinajstić information content (AvgIpc) is 2.27. The normalized spacial score (nSPS) is 10.4. The molecule has 5 nitrogen and oxygen atoms in total. The van der Waals surface area contributed by atoms with Crippen molar-refractivity contribution in [2.45, 2.75) is 0 Å². The number of anilines is 1. The molecule has 0 aliphatic rings. The zero-order valence-electron chi connectivity index (χ0n) is 9.14. The molecule has 0 saturated heterocycles.